The van der Waals surface area contributed by atoms with Crippen molar-refractivity contribution in [3.63, 3.8) is 0 Å². The molecule has 0 amide bonds. The molecule has 0 aliphatic carbocycles. The minimum Gasteiger partial charge on any atom is -0.480 e. The van der Waals surface area contributed by atoms with Gasteiger partial charge in [0.2, 0.25) is 0 Å². The molecule has 0 fully saturated rings. The van der Waals surface area contributed by atoms with Crippen LogP contribution < -0.4 is 4.90 Å². The number of rotatable bonds is 4. The van der Waals surface area contributed by atoms with Crippen molar-refractivity contribution in [2.24, 2.45) is 0 Å². The lowest BCUT2D eigenvalue weighted by Gasteiger charge is -2.35. The van der Waals surface area contributed by atoms with Gasteiger partial charge in [-0.15, -0.1) is 0 Å². The van der Waals surface area contributed by atoms with Crippen molar-refractivity contribution in [2.45, 2.75) is 26.3 Å². The Morgan fingerprint density at radius 3 is 2.58 bits per heavy atom. The summed E-state index contributed by atoms with van der Waals surface area (Å²) in [5.74, 6) is -0.169. The summed E-state index contributed by atoms with van der Waals surface area (Å²) < 4.78 is 0. The maximum absolute atomic E-state index is 11.4. The van der Waals surface area contributed by atoms with Crippen LogP contribution in [0.15, 0.2) is 36.4 Å². The molecule has 4 nitrogen and oxygen atoms in total. The quantitative estimate of drug-likeness (QED) is 0.916. The number of fused-ring (bicyclic) bond motifs is 1. The normalized spacial score (nSPS) is 11.5. The number of aromatic nitrogens is 1. The Balaban J connectivity index is 2.49. The Labute approximate surface area is 112 Å². The Bertz CT molecular complexity index is 608. The molecule has 0 radical (unpaired) electrons. The van der Waals surface area contributed by atoms with E-state index in [1.165, 1.54) is 0 Å². The van der Waals surface area contributed by atoms with Gasteiger partial charge in [-0.1, -0.05) is 18.2 Å². The average Bonchev–Trinajstić information content (AvgIpc) is 2.39. The van der Waals surface area contributed by atoms with Crippen LogP contribution in [0, 0.1) is 0 Å². The lowest BCUT2D eigenvalue weighted by atomic mass is 10.0. The summed E-state index contributed by atoms with van der Waals surface area (Å²) in [5.41, 5.74) is -0.107. The first-order chi connectivity index (χ1) is 8.96. The molecule has 1 heterocycles. The molecule has 0 spiro atoms. The lowest BCUT2D eigenvalue weighted by Crippen LogP contribution is -2.50. The van der Waals surface area contributed by atoms with E-state index in [1.54, 1.807) is 18.7 Å². The Kier molecular flexibility index (Phi) is 3.42. The van der Waals surface area contributed by atoms with Gasteiger partial charge in [0, 0.05) is 11.9 Å². The molecule has 0 aliphatic rings. The molecule has 2 rings (SSSR count). The number of carboxylic acids is 1. The van der Waals surface area contributed by atoms with Crippen LogP contribution in [0.25, 0.3) is 10.9 Å². The number of carboxylic acid groups (broad SMARTS) is 1. The maximum atomic E-state index is 11.4. The van der Waals surface area contributed by atoms with Crippen LogP contribution in [-0.2, 0) is 4.79 Å². The first-order valence-corrected chi connectivity index (χ1v) is 6.33. The Morgan fingerprint density at radius 1 is 1.26 bits per heavy atom. The predicted molar refractivity (Wildman–Crippen MR) is 76.5 cm³/mol. The number of nitrogens with zero attached hydrogens (tertiary/aromatic N) is 2. The number of para-hydroxylation sites is 1. The minimum absolute atomic E-state index is 0.588. The third kappa shape index (κ3) is 2.38. The van der Waals surface area contributed by atoms with Gasteiger partial charge in [-0.2, -0.15) is 0 Å². The third-order valence-electron chi connectivity index (χ3n) is 3.37. The van der Waals surface area contributed by atoms with E-state index in [0.29, 0.717) is 12.4 Å². The summed E-state index contributed by atoms with van der Waals surface area (Å²) in [5, 5.41) is 10.4. The van der Waals surface area contributed by atoms with Crippen molar-refractivity contribution >= 4 is 22.7 Å². The molecule has 100 valence electrons. The number of aliphatic carboxylic acids is 1. The van der Waals surface area contributed by atoms with Crippen molar-refractivity contribution in [3.8, 4) is 0 Å². The van der Waals surface area contributed by atoms with E-state index in [0.717, 1.165) is 10.9 Å². The van der Waals surface area contributed by atoms with Gasteiger partial charge in [-0.3, -0.25) is 0 Å². The topological polar surface area (TPSA) is 53.4 Å². The minimum atomic E-state index is -0.982. The smallest absolute Gasteiger partial charge is 0.328 e. The summed E-state index contributed by atoms with van der Waals surface area (Å²) in [6, 6.07) is 11.7. The molecule has 4 heteroatoms. The zero-order valence-corrected chi connectivity index (χ0v) is 11.4. The number of anilines is 1. The van der Waals surface area contributed by atoms with Crippen molar-refractivity contribution in [2.75, 3.05) is 11.4 Å². The first kappa shape index (κ1) is 13.3. The second-order valence-corrected chi connectivity index (χ2v) is 4.97. The van der Waals surface area contributed by atoms with Gasteiger partial charge in [0.1, 0.15) is 11.4 Å². The Morgan fingerprint density at radius 2 is 1.95 bits per heavy atom. The average molecular weight is 258 g/mol. The highest BCUT2D eigenvalue weighted by atomic mass is 16.4. The number of benzene rings is 1. The molecule has 0 saturated heterocycles. The van der Waals surface area contributed by atoms with Crippen molar-refractivity contribution in [1.82, 2.24) is 4.98 Å². The van der Waals surface area contributed by atoms with Crippen LogP contribution in [0.4, 0.5) is 5.82 Å². The highest BCUT2D eigenvalue weighted by Crippen LogP contribution is 2.24. The van der Waals surface area contributed by atoms with Gasteiger partial charge < -0.3 is 10.0 Å². The van der Waals surface area contributed by atoms with Gasteiger partial charge in [0.15, 0.2) is 0 Å². The van der Waals surface area contributed by atoms with E-state index in [9.17, 15) is 9.90 Å². The number of hydrogen-bond donors (Lipinski definition) is 1. The van der Waals surface area contributed by atoms with Crippen molar-refractivity contribution in [3.05, 3.63) is 36.4 Å². The number of likely N-dealkylation sites (N-methyl/N-ethyl adjacent to an activating group) is 1. The summed E-state index contributed by atoms with van der Waals surface area (Å²) in [7, 11) is 0. The van der Waals surface area contributed by atoms with Crippen molar-refractivity contribution < 1.29 is 9.90 Å². The molecule has 1 N–H and O–H groups in total. The highest BCUT2D eigenvalue weighted by Gasteiger charge is 2.34. The highest BCUT2D eigenvalue weighted by molar-refractivity contribution is 5.84. The fourth-order valence-corrected chi connectivity index (χ4v) is 2.16. The van der Waals surface area contributed by atoms with Crippen molar-refractivity contribution in [1.29, 1.82) is 0 Å². The predicted octanol–water partition coefficient (Wildman–Crippen LogP) is 2.92. The summed E-state index contributed by atoms with van der Waals surface area (Å²) >= 11 is 0. The van der Waals surface area contributed by atoms with Crippen LogP contribution in [0.5, 0.6) is 0 Å². The third-order valence-corrected chi connectivity index (χ3v) is 3.37. The number of carbonyl (C=O) groups is 1. The molecular weight excluding hydrogens is 240 g/mol. The zero-order valence-electron chi connectivity index (χ0n) is 11.4. The molecule has 0 aliphatic heterocycles. The molecule has 2 aromatic rings. The van der Waals surface area contributed by atoms with Gasteiger partial charge in [0.25, 0.3) is 0 Å². The van der Waals surface area contributed by atoms with Crippen LogP contribution in [0.1, 0.15) is 20.8 Å². The molecule has 0 unspecified atom stereocenters. The maximum Gasteiger partial charge on any atom is 0.328 e. The summed E-state index contributed by atoms with van der Waals surface area (Å²) in [4.78, 5) is 17.7. The van der Waals surface area contributed by atoms with E-state index in [2.05, 4.69) is 4.98 Å². The second-order valence-electron chi connectivity index (χ2n) is 4.97. The molecule has 1 aromatic carbocycles. The molecule has 19 heavy (non-hydrogen) atoms. The number of hydrogen-bond acceptors (Lipinski definition) is 3. The zero-order chi connectivity index (χ0) is 14.0. The number of pyridine rings is 1. The second kappa shape index (κ2) is 4.88. The first-order valence-electron chi connectivity index (χ1n) is 6.33. The molecule has 0 bridgehead atoms. The van der Waals surface area contributed by atoms with Crippen LogP contribution >= 0.6 is 0 Å². The fourth-order valence-electron chi connectivity index (χ4n) is 2.16. The van der Waals surface area contributed by atoms with Crippen LogP contribution in [0.3, 0.4) is 0 Å². The van der Waals surface area contributed by atoms with E-state index in [4.69, 9.17) is 0 Å². The molecule has 0 atom stereocenters. The van der Waals surface area contributed by atoms with E-state index >= 15 is 0 Å². The van der Waals surface area contributed by atoms with Gasteiger partial charge in [0.05, 0.1) is 5.52 Å². The van der Waals surface area contributed by atoms with Gasteiger partial charge >= 0.3 is 5.97 Å². The van der Waals surface area contributed by atoms with Gasteiger partial charge in [-0.25, -0.2) is 9.78 Å². The SMILES string of the molecule is CCN(c1ccc2ccccc2n1)C(C)(C)C(=O)O. The monoisotopic (exact) mass is 258 g/mol. The van der Waals surface area contributed by atoms with Gasteiger partial charge in [-0.05, 0) is 39.0 Å². The van der Waals surface area contributed by atoms with E-state index in [1.807, 2.05) is 43.3 Å². The molecule has 1 aromatic heterocycles. The van der Waals surface area contributed by atoms with Crippen LogP contribution in [-0.4, -0.2) is 28.1 Å². The largest absolute Gasteiger partial charge is 0.480 e. The lowest BCUT2D eigenvalue weighted by molar-refractivity contribution is -0.142. The summed E-state index contributed by atoms with van der Waals surface area (Å²) in [6.45, 7) is 5.90. The van der Waals surface area contributed by atoms with Crippen LogP contribution in [0.2, 0.25) is 0 Å². The standard InChI is InChI=1S/C15H18N2O2/c1-4-17(15(2,3)14(18)19)13-10-9-11-7-5-6-8-12(11)16-13/h5-10H,4H2,1-3H3,(H,18,19). The molecular formula is C15H18N2O2. The fraction of sp³-hybridized carbons (Fsp3) is 0.333. The van der Waals surface area contributed by atoms with E-state index in [-0.39, 0.29) is 0 Å². The summed E-state index contributed by atoms with van der Waals surface area (Å²) in [6.07, 6.45) is 0. The van der Waals surface area contributed by atoms with E-state index < -0.39 is 11.5 Å². The Hall–Kier alpha value is -2.10. The molecule has 0 saturated carbocycles.